The topological polar surface area (TPSA) is 41.1 Å². The third-order valence-electron chi connectivity index (χ3n) is 4.61. The van der Waals surface area contributed by atoms with Gasteiger partial charge in [-0.05, 0) is 50.5 Å². The van der Waals surface area contributed by atoms with Gasteiger partial charge in [-0.25, -0.2) is 0 Å². The van der Waals surface area contributed by atoms with E-state index in [0.29, 0.717) is 5.41 Å². The van der Waals surface area contributed by atoms with Gasteiger partial charge in [-0.3, -0.25) is 4.79 Å². The summed E-state index contributed by atoms with van der Waals surface area (Å²) in [6.45, 7) is 6.19. The maximum atomic E-state index is 12.2. The number of nitrogens with one attached hydrogen (secondary N) is 2. The predicted octanol–water partition coefficient (Wildman–Crippen LogP) is 1.82. The number of carbonyl (C=O) groups excluding carboxylic acids is 1. The molecule has 0 bridgehead atoms. The van der Waals surface area contributed by atoms with E-state index < -0.39 is 0 Å². The normalized spacial score (nSPS) is 31.4. The molecule has 0 aromatic heterocycles. The predicted molar refractivity (Wildman–Crippen MR) is 65.2 cm³/mol. The van der Waals surface area contributed by atoms with Crippen LogP contribution >= 0.6 is 0 Å². The third-order valence-corrected chi connectivity index (χ3v) is 4.61. The first-order chi connectivity index (χ1) is 7.66. The largest absolute Gasteiger partial charge is 0.354 e. The number of rotatable bonds is 5. The van der Waals surface area contributed by atoms with Crippen molar-refractivity contribution in [1.29, 1.82) is 0 Å². The Morgan fingerprint density at radius 1 is 1.25 bits per heavy atom. The van der Waals surface area contributed by atoms with E-state index in [9.17, 15) is 4.79 Å². The molecule has 92 valence electrons. The molecule has 1 amide bonds. The molecule has 2 aliphatic rings. The molecule has 16 heavy (non-hydrogen) atoms. The lowest BCUT2D eigenvalue weighted by Crippen LogP contribution is -2.54. The highest BCUT2D eigenvalue weighted by Crippen LogP contribution is 2.47. The molecule has 1 heterocycles. The molecule has 1 aliphatic carbocycles. The van der Waals surface area contributed by atoms with Gasteiger partial charge in [0.2, 0.25) is 5.91 Å². The molecule has 0 spiro atoms. The van der Waals surface area contributed by atoms with Crippen LogP contribution in [0.2, 0.25) is 0 Å². The molecule has 0 aromatic carbocycles. The molecular weight excluding hydrogens is 200 g/mol. The first-order valence-corrected chi connectivity index (χ1v) is 6.70. The second kappa shape index (κ2) is 4.36. The molecule has 2 rings (SSSR count). The van der Waals surface area contributed by atoms with E-state index in [2.05, 4.69) is 24.5 Å². The molecular formula is C13H24N2O. The molecule has 0 aromatic rings. The van der Waals surface area contributed by atoms with E-state index in [0.717, 1.165) is 32.4 Å². The number of amides is 1. The standard InChI is InChI=1S/C13H24N2O/c1-3-12(7-8-12)10-14-11(16)13(4-2)6-5-9-15-13/h15H,3-10H2,1-2H3,(H,14,16). The minimum atomic E-state index is -0.260. The van der Waals surface area contributed by atoms with Gasteiger partial charge in [0.05, 0.1) is 5.54 Å². The second-order valence-corrected chi connectivity index (χ2v) is 5.50. The van der Waals surface area contributed by atoms with Gasteiger partial charge in [-0.2, -0.15) is 0 Å². The summed E-state index contributed by atoms with van der Waals surface area (Å²) in [6.07, 6.45) is 6.79. The minimum absolute atomic E-state index is 0.229. The fourth-order valence-electron chi connectivity index (χ4n) is 2.73. The van der Waals surface area contributed by atoms with Gasteiger partial charge in [0.15, 0.2) is 0 Å². The van der Waals surface area contributed by atoms with E-state index in [4.69, 9.17) is 0 Å². The van der Waals surface area contributed by atoms with Crippen molar-refractivity contribution in [2.24, 2.45) is 5.41 Å². The van der Waals surface area contributed by atoms with Crippen molar-refractivity contribution in [3.8, 4) is 0 Å². The van der Waals surface area contributed by atoms with Gasteiger partial charge in [-0.15, -0.1) is 0 Å². The van der Waals surface area contributed by atoms with Crippen LogP contribution in [0.4, 0.5) is 0 Å². The number of carbonyl (C=O) groups is 1. The van der Waals surface area contributed by atoms with Crippen LogP contribution in [0.25, 0.3) is 0 Å². The molecule has 1 saturated heterocycles. The van der Waals surface area contributed by atoms with Gasteiger partial charge >= 0.3 is 0 Å². The van der Waals surface area contributed by atoms with Gasteiger partial charge in [-0.1, -0.05) is 13.8 Å². The van der Waals surface area contributed by atoms with Crippen LogP contribution in [0.15, 0.2) is 0 Å². The summed E-state index contributed by atoms with van der Waals surface area (Å²) in [5, 5.41) is 6.55. The zero-order valence-corrected chi connectivity index (χ0v) is 10.6. The zero-order valence-electron chi connectivity index (χ0n) is 10.6. The highest BCUT2D eigenvalue weighted by Gasteiger charge is 2.43. The first-order valence-electron chi connectivity index (χ1n) is 6.70. The molecule has 1 unspecified atom stereocenters. The van der Waals surface area contributed by atoms with Crippen molar-refractivity contribution in [2.75, 3.05) is 13.1 Å². The van der Waals surface area contributed by atoms with E-state index in [1.807, 2.05) is 0 Å². The quantitative estimate of drug-likeness (QED) is 0.748. The van der Waals surface area contributed by atoms with Gasteiger partial charge < -0.3 is 10.6 Å². The van der Waals surface area contributed by atoms with Crippen molar-refractivity contribution in [3.63, 3.8) is 0 Å². The van der Waals surface area contributed by atoms with Crippen LogP contribution in [0.5, 0.6) is 0 Å². The Balaban J connectivity index is 1.87. The lowest BCUT2D eigenvalue weighted by molar-refractivity contribution is -0.127. The van der Waals surface area contributed by atoms with Crippen molar-refractivity contribution < 1.29 is 4.79 Å². The SMILES string of the molecule is CCC1(CNC(=O)C2(CC)CCCN2)CC1. The fourth-order valence-corrected chi connectivity index (χ4v) is 2.73. The van der Waals surface area contributed by atoms with Crippen molar-refractivity contribution in [2.45, 2.75) is 57.9 Å². The second-order valence-electron chi connectivity index (χ2n) is 5.50. The van der Waals surface area contributed by atoms with Crippen molar-refractivity contribution in [3.05, 3.63) is 0 Å². The van der Waals surface area contributed by atoms with E-state index >= 15 is 0 Å². The highest BCUT2D eigenvalue weighted by molar-refractivity contribution is 5.86. The summed E-state index contributed by atoms with van der Waals surface area (Å²) >= 11 is 0. The van der Waals surface area contributed by atoms with Crippen LogP contribution in [-0.2, 0) is 4.79 Å². The first kappa shape index (κ1) is 11.9. The lowest BCUT2D eigenvalue weighted by Gasteiger charge is -2.27. The van der Waals surface area contributed by atoms with Gasteiger partial charge in [0, 0.05) is 6.54 Å². The molecule has 1 aliphatic heterocycles. The summed E-state index contributed by atoms with van der Waals surface area (Å²) in [5.41, 5.74) is 0.188. The molecule has 1 atom stereocenters. The Morgan fingerprint density at radius 3 is 2.44 bits per heavy atom. The average Bonchev–Trinajstić information content (AvgIpc) is 2.94. The number of hydrogen-bond acceptors (Lipinski definition) is 2. The van der Waals surface area contributed by atoms with E-state index in [1.54, 1.807) is 0 Å². The van der Waals surface area contributed by atoms with Gasteiger partial charge in [0.1, 0.15) is 0 Å². The Labute approximate surface area is 98.4 Å². The molecule has 0 radical (unpaired) electrons. The van der Waals surface area contributed by atoms with Crippen molar-refractivity contribution in [1.82, 2.24) is 10.6 Å². The minimum Gasteiger partial charge on any atom is -0.354 e. The van der Waals surface area contributed by atoms with E-state index in [-0.39, 0.29) is 11.4 Å². The average molecular weight is 224 g/mol. The van der Waals surface area contributed by atoms with Crippen LogP contribution < -0.4 is 10.6 Å². The summed E-state index contributed by atoms with van der Waals surface area (Å²) < 4.78 is 0. The molecule has 2 fully saturated rings. The van der Waals surface area contributed by atoms with Crippen LogP contribution in [-0.4, -0.2) is 24.5 Å². The zero-order chi connectivity index (χ0) is 11.6. The molecule has 3 heteroatoms. The van der Waals surface area contributed by atoms with Crippen LogP contribution in [0.1, 0.15) is 52.4 Å². The monoisotopic (exact) mass is 224 g/mol. The summed E-state index contributed by atoms with van der Waals surface area (Å²) in [6, 6.07) is 0. The Morgan fingerprint density at radius 2 is 2.00 bits per heavy atom. The maximum Gasteiger partial charge on any atom is 0.240 e. The van der Waals surface area contributed by atoms with Gasteiger partial charge in [0.25, 0.3) is 0 Å². The van der Waals surface area contributed by atoms with Crippen LogP contribution in [0, 0.1) is 5.41 Å². The van der Waals surface area contributed by atoms with Crippen molar-refractivity contribution >= 4 is 5.91 Å². The molecule has 1 saturated carbocycles. The Bertz CT molecular complexity index is 265. The number of hydrogen-bond donors (Lipinski definition) is 2. The Kier molecular flexibility index (Phi) is 3.24. The van der Waals surface area contributed by atoms with Crippen LogP contribution in [0.3, 0.4) is 0 Å². The molecule has 3 nitrogen and oxygen atoms in total. The van der Waals surface area contributed by atoms with E-state index in [1.165, 1.54) is 19.3 Å². The highest BCUT2D eigenvalue weighted by atomic mass is 16.2. The summed E-state index contributed by atoms with van der Waals surface area (Å²) in [5.74, 6) is 0.229. The summed E-state index contributed by atoms with van der Waals surface area (Å²) in [7, 11) is 0. The maximum absolute atomic E-state index is 12.2. The molecule has 2 N–H and O–H groups in total. The fraction of sp³-hybridized carbons (Fsp3) is 0.923. The summed E-state index contributed by atoms with van der Waals surface area (Å²) in [4.78, 5) is 12.2. The Hall–Kier alpha value is -0.570. The smallest absolute Gasteiger partial charge is 0.240 e. The lowest BCUT2D eigenvalue weighted by atomic mass is 9.92. The third kappa shape index (κ3) is 2.10.